The van der Waals surface area contributed by atoms with Gasteiger partial charge in [-0.25, -0.2) is 0 Å². The van der Waals surface area contributed by atoms with E-state index in [0.29, 0.717) is 6.04 Å². The number of hydrogen-bond donors (Lipinski definition) is 0. The lowest BCUT2D eigenvalue weighted by atomic mass is 9.89. The molecule has 0 atom stereocenters. The van der Waals surface area contributed by atoms with Gasteiger partial charge >= 0.3 is 0 Å². The number of rotatable bonds is 2. The summed E-state index contributed by atoms with van der Waals surface area (Å²) >= 11 is 0. The molecule has 2 heterocycles. The molecule has 0 amide bonds. The fourth-order valence-electron chi connectivity index (χ4n) is 2.89. The highest BCUT2D eigenvalue weighted by Gasteiger charge is 2.39. The molecule has 0 bridgehead atoms. The van der Waals surface area contributed by atoms with E-state index in [-0.39, 0.29) is 5.60 Å². The maximum absolute atomic E-state index is 6.11. The Morgan fingerprint density at radius 3 is 2.44 bits per heavy atom. The van der Waals surface area contributed by atoms with Gasteiger partial charge < -0.3 is 9.64 Å². The molecule has 0 aromatic heterocycles. The van der Waals surface area contributed by atoms with Crippen molar-refractivity contribution in [2.24, 2.45) is 0 Å². The van der Waals surface area contributed by atoms with E-state index in [4.69, 9.17) is 4.74 Å². The van der Waals surface area contributed by atoms with E-state index < -0.39 is 0 Å². The minimum Gasteiger partial charge on any atom is -0.372 e. The Balaban J connectivity index is 1.93. The van der Waals surface area contributed by atoms with Crippen molar-refractivity contribution in [3.8, 4) is 0 Å². The molecule has 0 radical (unpaired) electrons. The summed E-state index contributed by atoms with van der Waals surface area (Å²) in [6.45, 7) is 13.6. The second-order valence-corrected chi connectivity index (χ2v) is 5.53. The van der Waals surface area contributed by atoms with Crippen molar-refractivity contribution in [1.29, 1.82) is 0 Å². The summed E-state index contributed by atoms with van der Waals surface area (Å²) < 4.78 is 6.11. The van der Waals surface area contributed by atoms with Gasteiger partial charge in [0.05, 0.1) is 12.2 Å². The van der Waals surface area contributed by atoms with E-state index in [1.54, 1.807) is 0 Å². The zero-order valence-electron chi connectivity index (χ0n) is 11.0. The van der Waals surface area contributed by atoms with Gasteiger partial charge in [-0.1, -0.05) is 6.92 Å². The van der Waals surface area contributed by atoms with Gasteiger partial charge in [-0.3, -0.25) is 4.90 Å². The second kappa shape index (κ2) is 5.03. The summed E-state index contributed by atoms with van der Waals surface area (Å²) in [6, 6.07) is 0.657. The number of morpholine rings is 1. The Bertz CT molecular complexity index is 222. The third kappa shape index (κ3) is 2.58. The highest BCUT2D eigenvalue weighted by atomic mass is 16.5. The Morgan fingerprint density at radius 1 is 1.19 bits per heavy atom. The summed E-state index contributed by atoms with van der Waals surface area (Å²) in [5.41, 5.74) is 0.175. The first-order chi connectivity index (χ1) is 7.65. The number of ether oxygens (including phenoxy) is 1. The van der Waals surface area contributed by atoms with Crippen LogP contribution in [-0.2, 0) is 4.74 Å². The van der Waals surface area contributed by atoms with Crippen molar-refractivity contribution >= 4 is 0 Å². The normalized spacial score (nSPS) is 27.8. The summed E-state index contributed by atoms with van der Waals surface area (Å²) in [5.74, 6) is 0. The standard InChI is InChI=1S/C13H26N2O/c1-4-14-7-5-13(6-8-14)11-15(12(2)3)9-10-16-13/h12H,4-11H2,1-3H3. The van der Waals surface area contributed by atoms with Crippen molar-refractivity contribution in [1.82, 2.24) is 9.80 Å². The first-order valence-corrected chi connectivity index (χ1v) is 6.75. The molecule has 2 rings (SSSR count). The van der Waals surface area contributed by atoms with Crippen LogP contribution in [0.4, 0.5) is 0 Å². The number of hydrogen-bond acceptors (Lipinski definition) is 3. The Kier molecular flexibility index (Phi) is 3.88. The molecule has 0 N–H and O–H groups in total. The van der Waals surface area contributed by atoms with Gasteiger partial charge in [0.2, 0.25) is 0 Å². The molecule has 0 aromatic carbocycles. The van der Waals surface area contributed by atoms with Gasteiger partial charge in [0.1, 0.15) is 0 Å². The quantitative estimate of drug-likeness (QED) is 0.711. The molecule has 0 aromatic rings. The lowest BCUT2D eigenvalue weighted by Gasteiger charge is -2.48. The molecule has 0 saturated carbocycles. The largest absolute Gasteiger partial charge is 0.372 e. The van der Waals surface area contributed by atoms with Crippen LogP contribution in [0.2, 0.25) is 0 Å². The van der Waals surface area contributed by atoms with Gasteiger partial charge in [0.25, 0.3) is 0 Å². The maximum Gasteiger partial charge on any atom is 0.0833 e. The molecule has 94 valence electrons. The van der Waals surface area contributed by atoms with Gasteiger partial charge in [0, 0.05) is 32.2 Å². The number of nitrogens with zero attached hydrogens (tertiary/aromatic N) is 2. The van der Waals surface area contributed by atoms with E-state index in [9.17, 15) is 0 Å². The van der Waals surface area contributed by atoms with Gasteiger partial charge in [0.15, 0.2) is 0 Å². The maximum atomic E-state index is 6.11. The fraction of sp³-hybridized carbons (Fsp3) is 1.00. The number of piperidine rings is 1. The van der Waals surface area contributed by atoms with Crippen LogP contribution in [-0.4, -0.2) is 60.8 Å². The molecule has 3 heteroatoms. The summed E-state index contributed by atoms with van der Waals surface area (Å²) in [7, 11) is 0. The third-order valence-corrected chi connectivity index (χ3v) is 4.22. The van der Waals surface area contributed by atoms with E-state index in [2.05, 4.69) is 30.6 Å². The molecular formula is C13H26N2O. The summed E-state index contributed by atoms with van der Waals surface area (Å²) in [4.78, 5) is 5.11. The lowest BCUT2D eigenvalue weighted by molar-refractivity contribution is -0.140. The Labute approximate surface area is 99.7 Å². The van der Waals surface area contributed by atoms with Crippen LogP contribution in [0.5, 0.6) is 0 Å². The minimum absolute atomic E-state index is 0.175. The van der Waals surface area contributed by atoms with Crippen LogP contribution >= 0.6 is 0 Å². The van der Waals surface area contributed by atoms with Crippen molar-refractivity contribution in [3.05, 3.63) is 0 Å². The van der Waals surface area contributed by atoms with Crippen LogP contribution in [0.15, 0.2) is 0 Å². The van der Waals surface area contributed by atoms with Crippen LogP contribution in [0.1, 0.15) is 33.6 Å². The van der Waals surface area contributed by atoms with Crippen molar-refractivity contribution in [3.63, 3.8) is 0 Å². The molecule has 2 saturated heterocycles. The van der Waals surface area contributed by atoms with Gasteiger partial charge in [-0.15, -0.1) is 0 Å². The van der Waals surface area contributed by atoms with E-state index >= 15 is 0 Å². The first-order valence-electron chi connectivity index (χ1n) is 6.75. The van der Waals surface area contributed by atoms with Crippen molar-refractivity contribution < 1.29 is 4.74 Å². The zero-order valence-corrected chi connectivity index (χ0v) is 11.0. The number of likely N-dealkylation sites (tertiary alicyclic amines) is 1. The zero-order chi connectivity index (χ0) is 11.6. The van der Waals surface area contributed by atoms with Crippen LogP contribution in [0, 0.1) is 0 Å². The smallest absolute Gasteiger partial charge is 0.0833 e. The molecule has 2 aliphatic heterocycles. The fourth-order valence-corrected chi connectivity index (χ4v) is 2.89. The van der Waals surface area contributed by atoms with Crippen molar-refractivity contribution in [2.75, 3.05) is 39.3 Å². The topological polar surface area (TPSA) is 15.7 Å². The summed E-state index contributed by atoms with van der Waals surface area (Å²) in [6.07, 6.45) is 2.42. The third-order valence-electron chi connectivity index (χ3n) is 4.22. The van der Waals surface area contributed by atoms with Crippen LogP contribution in [0.25, 0.3) is 0 Å². The average molecular weight is 226 g/mol. The molecule has 2 aliphatic rings. The van der Waals surface area contributed by atoms with Gasteiger partial charge in [-0.05, 0) is 33.2 Å². The Morgan fingerprint density at radius 2 is 1.88 bits per heavy atom. The molecule has 16 heavy (non-hydrogen) atoms. The highest BCUT2D eigenvalue weighted by molar-refractivity contribution is 4.93. The molecule has 3 nitrogen and oxygen atoms in total. The predicted molar refractivity (Wildman–Crippen MR) is 66.7 cm³/mol. The molecule has 0 unspecified atom stereocenters. The summed E-state index contributed by atoms with van der Waals surface area (Å²) in [5, 5.41) is 0. The molecule has 0 aliphatic carbocycles. The van der Waals surface area contributed by atoms with E-state index in [1.807, 2.05) is 0 Å². The van der Waals surface area contributed by atoms with Crippen LogP contribution < -0.4 is 0 Å². The lowest BCUT2D eigenvalue weighted by Crippen LogP contribution is -2.58. The van der Waals surface area contributed by atoms with E-state index in [1.165, 1.54) is 32.5 Å². The highest BCUT2D eigenvalue weighted by Crippen LogP contribution is 2.30. The average Bonchev–Trinajstić information content (AvgIpc) is 2.30. The van der Waals surface area contributed by atoms with Crippen molar-refractivity contribution in [2.45, 2.75) is 45.3 Å². The monoisotopic (exact) mass is 226 g/mol. The SMILES string of the molecule is CCN1CCC2(CC1)CN(C(C)C)CCO2. The molecule has 1 spiro atoms. The first kappa shape index (κ1) is 12.3. The predicted octanol–water partition coefficient (Wildman–Crippen LogP) is 1.58. The second-order valence-electron chi connectivity index (χ2n) is 5.53. The Hall–Kier alpha value is -0.120. The van der Waals surface area contributed by atoms with Crippen LogP contribution in [0.3, 0.4) is 0 Å². The van der Waals surface area contributed by atoms with Gasteiger partial charge in [-0.2, -0.15) is 0 Å². The molecular weight excluding hydrogens is 200 g/mol. The van der Waals surface area contributed by atoms with E-state index in [0.717, 1.165) is 19.7 Å². The molecule has 2 fully saturated rings. The minimum atomic E-state index is 0.175.